The fraction of sp³-hybridized carbons (Fsp3) is 0.250. The fourth-order valence-corrected chi connectivity index (χ4v) is 1.93. The summed E-state index contributed by atoms with van der Waals surface area (Å²) in [6, 6.07) is 9.09. The molecule has 0 saturated carbocycles. The third-order valence-corrected chi connectivity index (χ3v) is 3.04. The van der Waals surface area contributed by atoms with E-state index in [-0.39, 0.29) is 5.91 Å². The average molecular weight is 286 g/mol. The summed E-state index contributed by atoms with van der Waals surface area (Å²) in [5, 5.41) is 2.84. The van der Waals surface area contributed by atoms with Crippen molar-refractivity contribution in [1.29, 1.82) is 0 Å². The van der Waals surface area contributed by atoms with Gasteiger partial charge in [0.2, 0.25) is 5.91 Å². The van der Waals surface area contributed by atoms with Gasteiger partial charge < -0.3 is 14.8 Å². The molecule has 1 aromatic heterocycles. The van der Waals surface area contributed by atoms with Crippen molar-refractivity contribution in [3.8, 4) is 11.5 Å². The Balaban J connectivity index is 1.99. The lowest BCUT2D eigenvalue weighted by molar-refractivity contribution is -0.116. The number of ether oxygens (including phenoxy) is 2. The van der Waals surface area contributed by atoms with Crippen molar-refractivity contribution in [2.24, 2.45) is 0 Å². The van der Waals surface area contributed by atoms with Crippen LogP contribution in [-0.2, 0) is 11.2 Å². The predicted molar refractivity (Wildman–Crippen MR) is 80.7 cm³/mol. The third-order valence-electron chi connectivity index (χ3n) is 3.04. The Morgan fingerprint density at radius 2 is 2.10 bits per heavy atom. The number of pyridine rings is 1. The summed E-state index contributed by atoms with van der Waals surface area (Å²) < 4.78 is 10.4. The number of benzene rings is 1. The zero-order valence-electron chi connectivity index (χ0n) is 12.1. The first-order chi connectivity index (χ1) is 10.2. The molecule has 0 spiro atoms. The molecule has 0 aliphatic heterocycles. The normalized spacial score (nSPS) is 10.0. The van der Waals surface area contributed by atoms with Gasteiger partial charge in [0, 0.05) is 24.9 Å². The molecule has 5 heteroatoms. The van der Waals surface area contributed by atoms with Crippen molar-refractivity contribution < 1.29 is 14.3 Å². The van der Waals surface area contributed by atoms with E-state index in [1.54, 1.807) is 44.8 Å². The average Bonchev–Trinajstić information content (AvgIpc) is 2.54. The summed E-state index contributed by atoms with van der Waals surface area (Å²) in [5.41, 5.74) is 1.64. The van der Waals surface area contributed by atoms with Crippen molar-refractivity contribution in [2.75, 3.05) is 19.5 Å². The summed E-state index contributed by atoms with van der Waals surface area (Å²) in [4.78, 5) is 16.1. The maximum Gasteiger partial charge on any atom is 0.224 e. The molecule has 1 aromatic carbocycles. The molecule has 1 heterocycles. The van der Waals surface area contributed by atoms with Gasteiger partial charge >= 0.3 is 0 Å². The van der Waals surface area contributed by atoms with Gasteiger partial charge in [-0.3, -0.25) is 9.78 Å². The van der Waals surface area contributed by atoms with Crippen LogP contribution in [0.25, 0.3) is 0 Å². The van der Waals surface area contributed by atoms with E-state index in [0.717, 1.165) is 5.56 Å². The van der Waals surface area contributed by atoms with E-state index >= 15 is 0 Å². The maximum absolute atomic E-state index is 12.0. The Labute approximate surface area is 123 Å². The molecular formula is C16H18N2O3. The largest absolute Gasteiger partial charge is 0.497 e. The van der Waals surface area contributed by atoms with Crippen molar-refractivity contribution in [1.82, 2.24) is 4.98 Å². The summed E-state index contributed by atoms with van der Waals surface area (Å²) in [6.45, 7) is 0. The minimum atomic E-state index is -0.0783. The number of aromatic nitrogens is 1. The van der Waals surface area contributed by atoms with Crippen LogP contribution in [0.2, 0.25) is 0 Å². The number of aryl methyl sites for hydroxylation is 1. The van der Waals surface area contributed by atoms with E-state index in [4.69, 9.17) is 9.47 Å². The van der Waals surface area contributed by atoms with Gasteiger partial charge in [0.05, 0.1) is 19.9 Å². The second-order valence-electron chi connectivity index (χ2n) is 4.48. The second-order valence-corrected chi connectivity index (χ2v) is 4.48. The van der Waals surface area contributed by atoms with Gasteiger partial charge in [-0.1, -0.05) is 6.07 Å². The van der Waals surface area contributed by atoms with E-state index in [9.17, 15) is 4.79 Å². The number of anilines is 1. The molecule has 110 valence electrons. The van der Waals surface area contributed by atoms with Gasteiger partial charge in [0.15, 0.2) is 0 Å². The van der Waals surface area contributed by atoms with E-state index < -0.39 is 0 Å². The monoisotopic (exact) mass is 286 g/mol. The number of hydrogen-bond donors (Lipinski definition) is 1. The Morgan fingerprint density at radius 1 is 1.24 bits per heavy atom. The molecule has 0 aliphatic rings. The molecule has 2 rings (SSSR count). The topological polar surface area (TPSA) is 60.5 Å². The lowest BCUT2D eigenvalue weighted by atomic mass is 10.1. The van der Waals surface area contributed by atoms with E-state index in [0.29, 0.717) is 30.0 Å². The van der Waals surface area contributed by atoms with Crippen LogP contribution >= 0.6 is 0 Å². The van der Waals surface area contributed by atoms with Crippen LogP contribution in [0, 0.1) is 0 Å². The highest BCUT2D eigenvalue weighted by Crippen LogP contribution is 2.28. The smallest absolute Gasteiger partial charge is 0.224 e. The fourth-order valence-electron chi connectivity index (χ4n) is 1.93. The molecule has 21 heavy (non-hydrogen) atoms. The Bertz CT molecular complexity index is 600. The summed E-state index contributed by atoms with van der Waals surface area (Å²) >= 11 is 0. The molecular weight excluding hydrogens is 268 g/mol. The number of rotatable bonds is 6. The quantitative estimate of drug-likeness (QED) is 0.887. The van der Waals surface area contributed by atoms with Gasteiger partial charge in [-0.15, -0.1) is 0 Å². The number of amides is 1. The van der Waals surface area contributed by atoms with Gasteiger partial charge in [-0.05, 0) is 30.2 Å². The summed E-state index contributed by atoms with van der Waals surface area (Å²) in [5.74, 6) is 1.19. The van der Waals surface area contributed by atoms with Crippen LogP contribution < -0.4 is 14.8 Å². The first kappa shape index (κ1) is 14.8. The first-order valence-electron chi connectivity index (χ1n) is 6.63. The maximum atomic E-state index is 12.0. The third kappa shape index (κ3) is 4.21. The van der Waals surface area contributed by atoms with Gasteiger partial charge in [0.1, 0.15) is 11.5 Å². The number of carbonyl (C=O) groups is 1. The van der Waals surface area contributed by atoms with E-state index in [2.05, 4.69) is 10.3 Å². The van der Waals surface area contributed by atoms with E-state index in [1.807, 2.05) is 12.1 Å². The Kier molecular flexibility index (Phi) is 5.15. The zero-order valence-corrected chi connectivity index (χ0v) is 12.1. The molecule has 0 atom stereocenters. The highest BCUT2D eigenvalue weighted by molar-refractivity contribution is 5.92. The highest BCUT2D eigenvalue weighted by atomic mass is 16.5. The van der Waals surface area contributed by atoms with Crippen LogP contribution in [0.4, 0.5) is 5.69 Å². The second kappa shape index (κ2) is 7.28. The molecule has 2 aromatic rings. The number of hydrogen-bond acceptors (Lipinski definition) is 4. The standard InChI is InChI=1S/C16H18N2O3/c1-20-13-6-7-15(21-2)14(10-13)18-16(19)8-5-12-4-3-9-17-11-12/h3-4,6-7,9-11H,5,8H2,1-2H3,(H,18,19). The SMILES string of the molecule is COc1ccc(OC)c(NC(=O)CCc2cccnc2)c1. The first-order valence-corrected chi connectivity index (χ1v) is 6.63. The van der Waals surface area contributed by atoms with Crippen molar-refractivity contribution in [2.45, 2.75) is 12.8 Å². The molecule has 0 unspecified atom stereocenters. The summed E-state index contributed by atoms with van der Waals surface area (Å²) in [6.07, 6.45) is 4.50. The van der Waals surface area contributed by atoms with Gasteiger partial charge in [-0.2, -0.15) is 0 Å². The van der Waals surface area contributed by atoms with Crippen molar-refractivity contribution >= 4 is 11.6 Å². The van der Waals surface area contributed by atoms with Crippen molar-refractivity contribution in [3.05, 3.63) is 48.3 Å². The van der Waals surface area contributed by atoms with Crippen LogP contribution in [0.1, 0.15) is 12.0 Å². The number of methoxy groups -OCH3 is 2. The molecule has 0 aliphatic carbocycles. The van der Waals surface area contributed by atoms with Crippen LogP contribution in [0.5, 0.6) is 11.5 Å². The van der Waals surface area contributed by atoms with Gasteiger partial charge in [0.25, 0.3) is 0 Å². The molecule has 0 fully saturated rings. The molecule has 5 nitrogen and oxygen atoms in total. The Hall–Kier alpha value is -2.56. The van der Waals surface area contributed by atoms with E-state index in [1.165, 1.54) is 0 Å². The Morgan fingerprint density at radius 3 is 2.76 bits per heavy atom. The molecule has 1 amide bonds. The molecule has 0 radical (unpaired) electrons. The van der Waals surface area contributed by atoms with Crippen LogP contribution in [0.3, 0.4) is 0 Å². The minimum absolute atomic E-state index is 0.0783. The lowest BCUT2D eigenvalue weighted by Gasteiger charge is -2.11. The van der Waals surface area contributed by atoms with Crippen LogP contribution in [0.15, 0.2) is 42.7 Å². The van der Waals surface area contributed by atoms with Crippen LogP contribution in [-0.4, -0.2) is 25.1 Å². The minimum Gasteiger partial charge on any atom is -0.497 e. The molecule has 0 bridgehead atoms. The molecule has 1 N–H and O–H groups in total. The zero-order chi connectivity index (χ0) is 15.1. The van der Waals surface area contributed by atoms with Crippen molar-refractivity contribution in [3.63, 3.8) is 0 Å². The highest BCUT2D eigenvalue weighted by Gasteiger charge is 2.09. The summed E-state index contributed by atoms with van der Waals surface area (Å²) in [7, 11) is 3.14. The number of carbonyl (C=O) groups excluding carboxylic acids is 1. The molecule has 0 saturated heterocycles. The van der Waals surface area contributed by atoms with Gasteiger partial charge in [-0.25, -0.2) is 0 Å². The predicted octanol–water partition coefficient (Wildman–Crippen LogP) is 2.67. The number of nitrogens with one attached hydrogen (secondary N) is 1. The number of nitrogens with zero attached hydrogens (tertiary/aromatic N) is 1. The lowest BCUT2D eigenvalue weighted by Crippen LogP contribution is -2.13.